The highest BCUT2D eigenvalue weighted by molar-refractivity contribution is 7.22. The van der Waals surface area contributed by atoms with Gasteiger partial charge in [0.05, 0.1) is 28.7 Å². The van der Waals surface area contributed by atoms with Gasteiger partial charge >= 0.3 is 0 Å². The molecular formula is C21H24N4OS. The number of nitrogens with zero attached hydrogens (tertiary/aromatic N) is 4. The third kappa shape index (κ3) is 4.00. The van der Waals surface area contributed by atoms with Crippen LogP contribution in [0.3, 0.4) is 0 Å². The molecule has 2 heterocycles. The van der Waals surface area contributed by atoms with Gasteiger partial charge in [-0.3, -0.25) is 19.7 Å². The van der Waals surface area contributed by atoms with Crippen LogP contribution in [0.2, 0.25) is 0 Å². The van der Waals surface area contributed by atoms with E-state index < -0.39 is 0 Å². The van der Waals surface area contributed by atoms with Crippen LogP contribution in [0.15, 0.2) is 36.8 Å². The average Bonchev–Trinajstić information content (AvgIpc) is 3.15. The second kappa shape index (κ2) is 8.13. The molecule has 0 bridgehead atoms. The number of aryl methyl sites for hydroxylation is 1. The quantitative estimate of drug-likeness (QED) is 0.640. The summed E-state index contributed by atoms with van der Waals surface area (Å²) in [6.07, 6.45) is 11.5. The van der Waals surface area contributed by atoms with Gasteiger partial charge in [0.15, 0.2) is 5.13 Å². The zero-order chi connectivity index (χ0) is 18.6. The minimum Gasteiger partial charge on any atom is -0.282 e. The van der Waals surface area contributed by atoms with E-state index in [4.69, 9.17) is 4.98 Å². The molecule has 3 aromatic rings. The molecule has 0 atom stereocenters. The Morgan fingerprint density at radius 1 is 1.22 bits per heavy atom. The summed E-state index contributed by atoms with van der Waals surface area (Å²) in [6.45, 7) is 2.57. The molecular weight excluding hydrogens is 356 g/mol. The molecule has 0 saturated heterocycles. The number of carbonyl (C=O) groups is 1. The summed E-state index contributed by atoms with van der Waals surface area (Å²) < 4.78 is 1.13. The molecule has 1 fully saturated rings. The summed E-state index contributed by atoms with van der Waals surface area (Å²) in [5.41, 5.74) is 3.03. The molecule has 0 radical (unpaired) electrons. The van der Waals surface area contributed by atoms with Gasteiger partial charge in [-0.1, -0.05) is 43.6 Å². The van der Waals surface area contributed by atoms with Crippen molar-refractivity contribution in [3.05, 3.63) is 48.0 Å². The Bertz CT molecular complexity index is 918. The van der Waals surface area contributed by atoms with E-state index in [-0.39, 0.29) is 11.8 Å². The largest absolute Gasteiger partial charge is 0.282 e. The van der Waals surface area contributed by atoms with E-state index in [1.165, 1.54) is 12.0 Å². The Balaban J connectivity index is 1.69. The van der Waals surface area contributed by atoms with Crippen molar-refractivity contribution in [1.29, 1.82) is 0 Å². The topological polar surface area (TPSA) is 59.0 Å². The van der Waals surface area contributed by atoms with Gasteiger partial charge in [-0.15, -0.1) is 0 Å². The molecule has 6 heteroatoms. The first-order valence-electron chi connectivity index (χ1n) is 9.70. The minimum atomic E-state index is 0.0913. The van der Waals surface area contributed by atoms with Crippen molar-refractivity contribution in [2.75, 3.05) is 4.90 Å². The summed E-state index contributed by atoms with van der Waals surface area (Å²) in [4.78, 5) is 28.5. The average molecular weight is 381 g/mol. The molecule has 1 aromatic carbocycles. The maximum atomic E-state index is 13.3. The number of rotatable bonds is 5. The SMILES string of the molecule is CCc1ccc2nc(N(Cc3cnccn3)C(=O)C3CCCCC3)sc2c1. The number of hydrogen-bond acceptors (Lipinski definition) is 5. The van der Waals surface area contributed by atoms with Gasteiger partial charge in [0.25, 0.3) is 0 Å². The van der Waals surface area contributed by atoms with E-state index >= 15 is 0 Å². The van der Waals surface area contributed by atoms with Crippen molar-refractivity contribution in [2.45, 2.75) is 52.0 Å². The number of amides is 1. The number of thiazole rings is 1. The molecule has 0 N–H and O–H groups in total. The molecule has 1 aliphatic carbocycles. The van der Waals surface area contributed by atoms with Gasteiger partial charge in [0.1, 0.15) is 0 Å². The molecule has 4 rings (SSSR count). The maximum Gasteiger partial charge on any atom is 0.232 e. The van der Waals surface area contributed by atoms with Crippen LogP contribution in [-0.2, 0) is 17.8 Å². The lowest BCUT2D eigenvalue weighted by atomic mass is 9.88. The number of carbonyl (C=O) groups excluding carboxylic acids is 1. The van der Waals surface area contributed by atoms with Crippen LogP contribution in [0.25, 0.3) is 10.2 Å². The Labute approximate surface area is 163 Å². The Kier molecular flexibility index (Phi) is 5.43. The fourth-order valence-corrected chi connectivity index (χ4v) is 4.71. The predicted octanol–water partition coefficient (Wildman–Crippen LogP) is 4.76. The van der Waals surface area contributed by atoms with Crippen LogP contribution in [0.5, 0.6) is 0 Å². The lowest BCUT2D eigenvalue weighted by Crippen LogP contribution is -2.37. The number of benzene rings is 1. The van der Waals surface area contributed by atoms with Crippen LogP contribution >= 0.6 is 11.3 Å². The van der Waals surface area contributed by atoms with E-state index in [0.29, 0.717) is 6.54 Å². The van der Waals surface area contributed by atoms with Gasteiger partial charge in [-0.05, 0) is 37.0 Å². The lowest BCUT2D eigenvalue weighted by Gasteiger charge is -2.27. The normalized spacial score (nSPS) is 15.1. The highest BCUT2D eigenvalue weighted by Crippen LogP contribution is 2.33. The Morgan fingerprint density at radius 3 is 2.81 bits per heavy atom. The van der Waals surface area contributed by atoms with Crippen LogP contribution in [0, 0.1) is 5.92 Å². The van der Waals surface area contributed by atoms with Gasteiger partial charge in [-0.25, -0.2) is 4.98 Å². The third-order valence-electron chi connectivity index (χ3n) is 5.24. The fraction of sp³-hybridized carbons (Fsp3) is 0.429. The van der Waals surface area contributed by atoms with E-state index in [9.17, 15) is 4.79 Å². The smallest absolute Gasteiger partial charge is 0.232 e. The number of aromatic nitrogens is 3. The van der Waals surface area contributed by atoms with E-state index in [1.54, 1.807) is 29.9 Å². The molecule has 1 aliphatic rings. The number of fused-ring (bicyclic) bond motifs is 1. The van der Waals surface area contributed by atoms with Gasteiger partial charge in [0, 0.05) is 18.3 Å². The zero-order valence-electron chi connectivity index (χ0n) is 15.6. The molecule has 1 saturated carbocycles. The predicted molar refractivity (Wildman–Crippen MR) is 109 cm³/mol. The van der Waals surface area contributed by atoms with Gasteiger partial charge in [-0.2, -0.15) is 0 Å². The standard InChI is InChI=1S/C21H24N4OS/c1-2-15-8-9-18-19(12-15)27-21(24-18)25(14-17-13-22-10-11-23-17)20(26)16-6-4-3-5-7-16/h8-13,16H,2-7,14H2,1H3. The highest BCUT2D eigenvalue weighted by atomic mass is 32.1. The van der Waals surface area contributed by atoms with Crippen molar-refractivity contribution in [3.8, 4) is 0 Å². The van der Waals surface area contributed by atoms with Crippen molar-refractivity contribution in [1.82, 2.24) is 15.0 Å². The monoisotopic (exact) mass is 380 g/mol. The zero-order valence-corrected chi connectivity index (χ0v) is 16.4. The van der Waals surface area contributed by atoms with E-state index in [0.717, 1.165) is 53.1 Å². The van der Waals surface area contributed by atoms with Crippen molar-refractivity contribution < 1.29 is 4.79 Å². The molecule has 5 nitrogen and oxygen atoms in total. The van der Waals surface area contributed by atoms with E-state index in [1.807, 2.05) is 4.90 Å². The fourth-order valence-electron chi connectivity index (χ4n) is 3.68. The molecule has 2 aromatic heterocycles. The Morgan fingerprint density at radius 2 is 2.07 bits per heavy atom. The summed E-state index contributed by atoms with van der Waals surface area (Å²) >= 11 is 1.59. The third-order valence-corrected chi connectivity index (χ3v) is 6.28. The second-order valence-electron chi connectivity index (χ2n) is 7.11. The number of hydrogen-bond donors (Lipinski definition) is 0. The molecule has 1 amide bonds. The molecule has 0 unspecified atom stereocenters. The van der Waals surface area contributed by atoms with Crippen molar-refractivity contribution in [2.24, 2.45) is 5.92 Å². The Hall–Kier alpha value is -2.34. The highest BCUT2D eigenvalue weighted by Gasteiger charge is 2.29. The molecule has 0 spiro atoms. The van der Waals surface area contributed by atoms with Crippen molar-refractivity contribution >= 4 is 32.6 Å². The lowest BCUT2D eigenvalue weighted by molar-refractivity contribution is -0.123. The molecule has 0 aliphatic heterocycles. The second-order valence-corrected chi connectivity index (χ2v) is 8.12. The van der Waals surface area contributed by atoms with Crippen LogP contribution < -0.4 is 4.90 Å². The summed E-state index contributed by atoms with van der Waals surface area (Å²) in [6, 6.07) is 6.35. The molecule has 140 valence electrons. The summed E-state index contributed by atoms with van der Waals surface area (Å²) in [5, 5.41) is 0.763. The summed E-state index contributed by atoms with van der Waals surface area (Å²) in [5.74, 6) is 0.267. The van der Waals surface area contributed by atoms with Crippen LogP contribution in [-0.4, -0.2) is 20.9 Å². The molecule has 27 heavy (non-hydrogen) atoms. The minimum absolute atomic E-state index is 0.0913. The first-order valence-corrected chi connectivity index (χ1v) is 10.5. The van der Waals surface area contributed by atoms with Gasteiger partial charge < -0.3 is 0 Å². The number of anilines is 1. The first-order chi connectivity index (χ1) is 13.2. The van der Waals surface area contributed by atoms with E-state index in [2.05, 4.69) is 35.1 Å². The first kappa shape index (κ1) is 18.0. The maximum absolute atomic E-state index is 13.3. The van der Waals surface area contributed by atoms with Crippen molar-refractivity contribution in [3.63, 3.8) is 0 Å². The van der Waals surface area contributed by atoms with Crippen LogP contribution in [0.4, 0.5) is 5.13 Å². The van der Waals surface area contributed by atoms with Crippen LogP contribution in [0.1, 0.15) is 50.3 Å². The summed E-state index contributed by atoms with van der Waals surface area (Å²) in [7, 11) is 0. The van der Waals surface area contributed by atoms with Gasteiger partial charge in [0.2, 0.25) is 5.91 Å².